The van der Waals surface area contributed by atoms with Gasteiger partial charge in [-0.3, -0.25) is 0 Å². The van der Waals surface area contributed by atoms with E-state index in [4.69, 9.17) is 4.74 Å². The molecule has 2 rings (SSSR count). The Bertz CT molecular complexity index is 587. The van der Waals surface area contributed by atoms with E-state index in [1.807, 2.05) is 53.9 Å². The van der Waals surface area contributed by atoms with Gasteiger partial charge < -0.3 is 9.29 Å². The molecule has 2 aromatic rings. The molecule has 0 radical (unpaired) electrons. The topological polar surface area (TPSA) is 32.3 Å². The van der Waals surface area contributed by atoms with Crippen molar-refractivity contribution in [3.8, 4) is 5.75 Å². The Morgan fingerprint density at radius 1 is 1.14 bits per heavy atom. The van der Waals surface area contributed by atoms with E-state index in [1.54, 1.807) is 28.7 Å². The minimum absolute atomic E-state index is 0.520. The van der Waals surface area contributed by atoms with Gasteiger partial charge in [-0.05, 0) is 40.4 Å². The Labute approximate surface area is 142 Å². The summed E-state index contributed by atoms with van der Waals surface area (Å²) in [4.78, 5) is 0.797. The first-order chi connectivity index (χ1) is 10.8. The highest BCUT2D eigenvalue weighted by molar-refractivity contribution is 8.77. The van der Waals surface area contributed by atoms with E-state index >= 15 is 0 Å². The van der Waals surface area contributed by atoms with Gasteiger partial charge in [0.1, 0.15) is 11.5 Å². The van der Waals surface area contributed by atoms with Crippen LogP contribution < -0.4 is 4.74 Å². The molecule has 1 atom stereocenters. The molecule has 0 aliphatic carbocycles. The number of hydrogen-bond donors (Lipinski definition) is 0. The predicted molar refractivity (Wildman–Crippen MR) is 98.7 cm³/mol. The van der Waals surface area contributed by atoms with Crippen molar-refractivity contribution in [2.45, 2.75) is 10.6 Å². The first-order valence-electron chi connectivity index (χ1n) is 6.79. The number of methoxy groups -OCH3 is 1. The maximum absolute atomic E-state index is 12.2. The third-order valence-electron chi connectivity index (χ3n) is 2.84. The Morgan fingerprint density at radius 2 is 1.95 bits per heavy atom. The minimum Gasteiger partial charge on any atom is -0.611 e. The molecule has 0 heterocycles. The van der Waals surface area contributed by atoms with Crippen LogP contribution in [0.25, 0.3) is 0 Å². The smallest absolute Gasteiger partial charge is 0.156 e. The molecule has 0 saturated heterocycles. The van der Waals surface area contributed by atoms with Gasteiger partial charge in [-0.2, -0.15) is 0 Å². The van der Waals surface area contributed by atoms with E-state index in [1.165, 1.54) is 5.56 Å². The fourth-order valence-electron chi connectivity index (χ4n) is 1.72. The second-order valence-corrected chi connectivity index (χ2v) is 8.18. The second kappa shape index (κ2) is 9.90. The highest BCUT2D eigenvalue weighted by atomic mass is 33.1. The zero-order chi connectivity index (χ0) is 15.6. The lowest BCUT2D eigenvalue weighted by atomic mass is 10.2. The minimum atomic E-state index is -1.03. The van der Waals surface area contributed by atoms with Gasteiger partial charge in [-0.1, -0.05) is 58.0 Å². The first-order valence-corrected chi connectivity index (χ1v) is 10.5. The summed E-state index contributed by atoms with van der Waals surface area (Å²) in [6.07, 6.45) is 1.96. The Hall–Kier alpha value is -1.01. The van der Waals surface area contributed by atoms with Crippen LogP contribution in [0.4, 0.5) is 0 Å². The van der Waals surface area contributed by atoms with E-state index in [-0.39, 0.29) is 0 Å². The number of ether oxygens (including phenoxy) is 1. The predicted octanol–water partition coefficient (Wildman–Crippen LogP) is 4.90. The molecule has 0 fully saturated rings. The Kier molecular flexibility index (Phi) is 7.80. The van der Waals surface area contributed by atoms with E-state index in [2.05, 4.69) is 12.1 Å². The fraction of sp³-hybridized carbons (Fsp3) is 0.176. The molecule has 0 saturated carbocycles. The lowest BCUT2D eigenvalue weighted by molar-refractivity contribution is 0.413. The average molecular weight is 351 g/mol. The Balaban J connectivity index is 1.70. The normalized spacial score (nSPS) is 12.5. The molecular formula is C17H18O2S3. The summed E-state index contributed by atoms with van der Waals surface area (Å²) in [6.45, 7) is 0. The van der Waals surface area contributed by atoms with Crippen molar-refractivity contribution in [3.63, 3.8) is 0 Å². The summed E-state index contributed by atoms with van der Waals surface area (Å²) < 4.78 is 17.3. The quantitative estimate of drug-likeness (QED) is 0.385. The van der Waals surface area contributed by atoms with Gasteiger partial charge in [0.2, 0.25) is 0 Å². The summed E-state index contributed by atoms with van der Waals surface area (Å²) >= 11 is -1.03. The summed E-state index contributed by atoms with van der Waals surface area (Å²) in [6, 6.07) is 17.8. The summed E-state index contributed by atoms with van der Waals surface area (Å²) in [5, 5.41) is 2.01. The van der Waals surface area contributed by atoms with Crippen molar-refractivity contribution in [1.82, 2.24) is 0 Å². The molecule has 2 aromatic carbocycles. The maximum atomic E-state index is 12.2. The van der Waals surface area contributed by atoms with Crippen molar-refractivity contribution in [2.24, 2.45) is 0 Å². The van der Waals surface area contributed by atoms with Gasteiger partial charge in [0.25, 0.3) is 0 Å². The summed E-state index contributed by atoms with van der Waals surface area (Å²) in [5.41, 5.74) is 1.31. The highest BCUT2D eigenvalue weighted by Gasteiger charge is 2.09. The molecule has 0 spiro atoms. The van der Waals surface area contributed by atoms with Crippen LogP contribution in [0.5, 0.6) is 5.75 Å². The number of benzene rings is 2. The van der Waals surface area contributed by atoms with Gasteiger partial charge >= 0.3 is 0 Å². The summed E-state index contributed by atoms with van der Waals surface area (Å²) in [5.74, 6) is 2.23. The Morgan fingerprint density at radius 3 is 2.73 bits per heavy atom. The maximum Gasteiger partial charge on any atom is 0.156 e. The van der Waals surface area contributed by atoms with Crippen LogP contribution in [0.3, 0.4) is 0 Å². The van der Waals surface area contributed by atoms with Crippen LogP contribution in [-0.4, -0.2) is 17.4 Å². The van der Waals surface area contributed by atoms with E-state index in [0.717, 1.165) is 16.4 Å². The molecule has 0 bridgehead atoms. The monoisotopic (exact) mass is 350 g/mol. The van der Waals surface area contributed by atoms with Gasteiger partial charge in [0.05, 0.1) is 7.11 Å². The van der Waals surface area contributed by atoms with Crippen molar-refractivity contribution < 1.29 is 9.29 Å². The molecule has 116 valence electrons. The van der Waals surface area contributed by atoms with E-state index in [9.17, 15) is 4.55 Å². The largest absolute Gasteiger partial charge is 0.611 e. The van der Waals surface area contributed by atoms with E-state index < -0.39 is 11.2 Å². The lowest BCUT2D eigenvalue weighted by Crippen LogP contribution is -2.04. The molecule has 0 aliphatic heterocycles. The molecule has 22 heavy (non-hydrogen) atoms. The van der Waals surface area contributed by atoms with Gasteiger partial charge in [-0.25, -0.2) is 0 Å². The van der Waals surface area contributed by atoms with Crippen molar-refractivity contribution in [1.29, 1.82) is 0 Å². The molecule has 0 aromatic heterocycles. The molecule has 1 unspecified atom stereocenters. The van der Waals surface area contributed by atoms with Crippen LogP contribution in [0.15, 0.2) is 71.0 Å². The number of hydrogen-bond acceptors (Lipinski definition) is 4. The van der Waals surface area contributed by atoms with Crippen LogP contribution in [0.1, 0.15) is 5.56 Å². The van der Waals surface area contributed by atoms with Crippen molar-refractivity contribution >= 4 is 32.8 Å². The molecule has 5 heteroatoms. The van der Waals surface area contributed by atoms with Crippen LogP contribution in [0, 0.1) is 0 Å². The van der Waals surface area contributed by atoms with Crippen LogP contribution in [-0.2, 0) is 16.9 Å². The SMILES string of the molecule is COc1cccc([S+]([O-])C/C=C\SSCc2ccccc2)c1. The molecule has 0 amide bonds. The zero-order valence-electron chi connectivity index (χ0n) is 12.3. The van der Waals surface area contributed by atoms with Crippen molar-refractivity contribution in [3.05, 3.63) is 71.6 Å². The van der Waals surface area contributed by atoms with Gasteiger partial charge in [-0.15, -0.1) is 0 Å². The standard InChI is InChI=1S/C17H18O2S3/c1-19-16-9-5-10-17(13-16)22(18)12-6-11-20-21-14-15-7-3-2-4-8-15/h2-11,13H,12,14H2,1H3/b11-6-. The molecular weight excluding hydrogens is 332 g/mol. The van der Waals surface area contributed by atoms with Crippen LogP contribution in [0.2, 0.25) is 0 Å². The number of rotatable bonds is 8. The lowest BCUT2D eigenvalue weighted by Gasteiger charge is -2.09. The summed E-state index contributed by atoms with van der Waals surface area (Å²) in [7, 11) is 5.05. The second-order valence-electron chi connectivity index (χ2n) is 4.41. The van der Waals surface area contributed by atoms with E-state index in [0.29, 0.717) is 5.75 Å². The highest BCUT2D eigenvalue weighted by Crippen LogP contribution is 2.27. The third kappa shape index (κ3) is 6.01. The molecule has 2 nitrogen and oxygen atoms in total. The first kappa shape index (κ1) is 17.3. The average Bonchev–Trinajstić information content (AvgIpc) is 2.58. The fourth-order valence-corrected chi connectivity index (χ4v) is 4.52. The van der Waals surface area contributed by atoms with Gasteiger partial charge in [0.15, 0.2) is 4.90 Å². The zero-order valence-corrected chi connectivity index (χ0v) is 14.8. The van der Waals surface area contributed by atoms with Gasteiger partial charge in [0, 0.05) is 11.8 Å². The third-order valence-corrected chi connectivity index (χ3v) is 6.10. The van der Waals surface area contributed by atoms with Crippen LogP contribution >= 0.6 is 21.6 Å². The van der Waals surface area contributed by atoms with Crippen molar-refractivity contribution in [2.75, 3.05) is 12.9 Å². The molecule has 0 aliphatic rings. The molecule has 0 N–H and O–H groups in total.